The highest BCUT2D eigenvalue weighted by molar-refractivity contribution is 6.46. The molecule has 0 radical (unpaired) electrons. The molecule has 0 saturated carbocycles. The Hall–Kier alpha value is -9.22. The summed E-state index contributed by atoms with van der Waals surface area (Å²) in [6.45, 7) is 27.9. The van der Waals surface area contributed by atoms with Crippen LogP contribution >= 0.6 is 0 Å². The van der Waals surface area contributed by atoms with E-state index in [0.717, 1.165) is 33.6 Å². The first kappa shape index (κ1) is 56.3. The number of carbonyl (C=O) groups excluding carboxylic acids is 4. The third kappa shape index (κ3) is 9.83. The highest BCUT2D eigenvalue weighted by atomic mass is 16.5. The summed E-state index contributed by atoms with van der Waals surface area (Å²) in [4.78, 5) is 64.7. The molecule has 0 aliphatic carbocycles. The summed E-state index contributed by atoms with van der Waals surface area (Å²) in [5, 5.41) is 3.38. The third-order valence-electron chi connectivity index (χ3n) is 16.6. The van der Waals surface area contributed by atoms with E-state index in [1.54, 1.807) is 48.5 Å². The first-order valence-corrected chi connectivity index (χ1v) is 29.3. The lowest BCUT2D eigenvalue weighted by Crippen LogP contribution is -2.41. The van der Waals surface area contributed by atoms with E-state index in [4.69, 9.17) is 24.7 Å². The molecule has 4 amide bonds. The van der Waals surface area contributed by atoms with Gasteiger partial charge in [-0.3, -0.25) is 24.1 Å². The van der Waals surface area contributed by atoms with Crippen LogP contribution in [0.15, 0.2) is 146 Å². The van der Waals surface area contributed by atoms with E-state index in [1.165, 1.54) is 4.90 Å². The quantitative estimate of drug-likeness (QED) is 0.0548. The number of rotatable bonds is 12. The molecule has 2 N–H and O–H groups in total. The maximum Gasteiger partial charge on any atom is 0.266 e. The lowest BCUT2D eigenvalue weighted by Gasteiger charge is -2.32. The Morgan fingerprint density at radius 1 is 0.365 bits per heavy atom. The minimum absolute atomic E-state index is 0.170. The van der Waals surface area contributed by atoms with Gasteiger partial charge in [0.25, 0.3) is 23.6 Å². The first-order chi connectivity index (χ1) is 40.2. The van der Waals surface area contributed by atoms with E-state index in [2.05, 4.69) is 83.1 Å². The van der Waals surface area contributed by atoms with E-state index in [1.807, 2.05) is 104 Å². The van der Waals surface area contributed by atoms with Crippen LogP contribution in [0.3, 0.4) is 0 Å². The Balaban J connectivity index is 1.29. The molecular formula is C74H71N3O8. The second-order valence-corrected chi connectivity index (χ2v) is 26.9. The molecule has 0 fully saturated rings. The molecule has 0 aromatic heterocycles. The van der Waals surface area contributed by atoms with Crippen LogP contribution in [0.1, 0.15) is 167 Å². The number of fused-ring (bicyclic) bond motifs is 2. The van der Waals surface area contributed by atoms with Crippen LogP contribution in [0.2, 0.25) is 0 Å². The molecule has 2 aliphatic rings. The molecule has 0 atom stereocenters. The van der Waals surface area contributed by atoms with Crippen molar-refractivity contribution >= 4 is 78.1 Å². The van der Waals surface area contributed by atoms with Crippen molar-refractivity contribution in [2.45, 2.75) is 125 Å². The van der Waals surface area contributed by atoms with Gasteiger partial charge >= 0.3 is 0 Å². The second kappa shape index (κ2) is 20.3. The molecule has 11 heteroatoms. The van der Waals surface area contributed by atoms with Gasteiger partial charge in [0.05, 0.1) is 27.9 Å². The Kier molecular flexibility index (Phi) is 13.4. The van der Waals surface area contributed by atoms with Gasteiger partial charge in [-0.15, -0.1) is 0 Å². The number of carbonyl (C=O) groups is 4. The van der Waals surface area contributed by atoms with E-state index < -0.39 is 23.6 Å². The van der Waals surface area contributed by atoms with Crippen LogP contribution in [-0.2, 0) is 21.7 Å². The predicted octanol–water partition coefficient (Wildman–Crippen LogP) is 18.9. The largest absolute Gasteiger partial charge is 0.457 e. The fraction of sp³-hybridized carbons (Fsp3) is 0.270. The summed E-state index contributed by atoms with van der Waals surface area (Å²) < 4.78 is 28.9. The summed E-state index contributed by atoms with van der Waals surface area (Å²) in [6.07, 6.45) is 1.33. The van der Waals surface area contributed by atoms with Crippen LogP contribution in [0.4, 0.5) is 11.4 Å². The zero-order valence-electron chi connectivity index (χ0n) is 50.7. The Labute approximate surface area is 496 Å². The van der Waals surface area contributed by atoms with Gasteiger partial charge in [-0.25, -0.2) is 4.90 Å². The summed E-state index contributed by atoms with van der Waals surface area (Å²) in [6, 6.07) is 45.0. The van der Waals surface area contributed by atoms with Crippen molar-refractivity contribution < 1.29 is 38.1 Å². The molecule has 430 valence electrons. The number of ether oxygens (including phenoxy) is 4. The van der Waals surface area contributed by atoms with Crippen molar-refractivity contribution in [1.82, 2.24) is 4.90 Å². The molecule has 2 heterocycles. The van der Waals surface area contributed by atoms with Gasteiger partial charge in [-0.05, 0) is 141 Å². The molecule has 10 aromatic carbocycles. The van der Waals surface area contributed by atoms with Gasteiger partial charge in [0.15, 0.2) is 0 Å². The normalized spacial score (nSPS) is 13.9. The van der Waals surface area contributed by atoms with Gasteiger partial charge in [-0.1, -0.05) is 151 Å². The number of nitrogens with two attached hydrogens (primary N) is 1. The SMILES string of the molecule is CCCCN1C(=O)c2cc(Oc3ccc(C(C)(C)C)cc3)c3c4c(Oc5ccc(C(C)(C)C)cc5)cc5c6c(cc(Oc7ccc(C(C)(C)C)cc7)c(c7c(Oc8ccc(C(C)(C)C)cc8)cc(c2c37)C1=O)c64)C(=O)N(c1cccc(N)c1)C5=O. The molecule has 85 heavy (non-hydrogen) atoms. The molecule has 0 saturated heterocycles. The van der Waals surface area contributed by atoms with Crippen molar-refractivity contribution in [2.75, 3.05) is 17.2 Å². The van der Waals surface area contributed by atoms with Crippen molar-refractivity contribution in [3.63, 3.8) is 0 Å². The summed E-state index contributed by atoms with van der Waals surface area (Å²) in [5.41, 5.74) is 11.5. The van der Waals surface area contributed by atoms with Gasteiger partial charge in [0, 0.05) is 55.3 Å². The van der Waals surface area contributed by atoms with E-state index in [-0.39, 0.29) is 79.1 Å². The smallest absolute Gasteiger partial charge is 0.266 e. The van der Waals surface area contributed by atoms with Gasteiger partial charge in [0.2, 0.25) is 0 Å². The van der Waals surface area contributed by atoms with Gasteiger partial charge in [-0.2, -0.15) is 0 Å². The van der Waals surface area contributed by atoms with E-state index in [0.29, 0.717) is 78.2 Å². The molecule has 0 spiro atoms. The monoisotopic (exact) mass is 1130 g/mol. The van der Waals surface area contributed by atoms with Crippen LogP contribution in [0.25, 0.3) is 43.1 Å². The molecule has 0 bridgehead atoms. The highest BCUT2D eigenvalue weighted by Crippen LogP contribution is 2.58. The number of anilines is 2. The predicted molar refractivity (Wildman–Crippen MR) is 341 cm³/mol. The van der Waals surface area contributed by atoms with Crippen LogP contribution in [0, 0.1) is 0 Å². The summed E-state index contributed by atoms with van der Waals surface area (Å²) in [7, 11) is 0. The summed E-state index contributed by atoms with van der Waals surface area (Å²) >= 11 is 0. The first-order valence-electron chi connectivity index (χ1n) is 29.3. The third-order valence-corrected chi connectivity index (χ3v) is 16.6. The standard InChI is InChI=1S/C74H71N3O8/c1-14-15-35-76-67(78)51-37-55(82-47-27-19-41(20-28-47)71(2,3)4)61-63-57(84-49-31-23-43(24-32-49)73(8,9)10)39-53-60-54(70(81)77(69(53)80)46-18-16-17-45(75)36-46)40-58(85-50-33-25-44(26-34-50)74(11,12)13)64(66(60)63)62-56(38-52(68(76)79)59(51)65(61)62)83-48-29-21-42(22-30-48)72(5,6)7/h16-34,36-40H,14-15,35,75H2,1-13H3. The van der Waals surface area contributed by atoms with Crippen molar-refractivity contribution in [3.8, 4) is 46.0 Å². The zero-order valence-corrected chi connectivity index (χ0v) is 50.7. The van der Waals surface area contributed by atoms with E-state index >= 15 is 19.2 Å². The minimum atomic E-state index is -0.606. The Morgan fingerprint density at radius 2 is 0.659 bits per heavy atom. The average Bonchev–Trinajstić information content (AvgIpc) is 0.686. The van der Waals surface area contributed by atoms with Gasteiger partial charge in [0.1, 0.15) is 46.0 Å². The molecule has 0 unspecified atom stereocenters. The zero-order chi connectivity index (χ0) is 60.4. The number of amides is 4. The lowest BCUT2D eigenvalue weighted by molar-refractivity contribution is 0.0607. The summed E-state index contributed by atoms with van der Waals surface area (Å²) in [5.74, 6) is 0.718. The van der Waals surface area contributed by atoms with Crippen LogP contribution < -0.4 is 29.6 Å². The number of hydrogen-bond acceptors (Lipinski definition) is 9. The number of imide groups is 2. The number of hydrogen-bond donors (Lipinski definition) is 1. The van der Waals surface area contributed by atoms with Crippen molar-refractivity contribution in [3.05, 3.63) is 190 Å². The Morgan fingerprint density at radius 3 is 0.929 bits per heavy atom. The van der Waals surface area contributed by atoms with Crippen molar-refractivity contribution in [1.29, 1.82) is 0 Å². The van der Waals surface area contributed by atoms with Crippen molar-refractivity contribution in [2.24, 2.45) is 0 Å². The topological polar surface area (TPSA) is 138 Å². The fourth-order valence-electron chi connectivity index (χ4n) is 11.9. The highest BCUT2D eigenvalue weighted by Gasteiger charge is 2.42. The molecule has 2 aliphatic heterocycles. The lowest BCUT2D eigenvalue weighted by atomic mass is 9.80. The Bertz CT molecular complexity index is 4130. The minimum Gasteiger partial charge on any atom is -0.457 e. The average molecular weight is 1130 g/mol. The number of unbranched alkanes of at least 4 members (excludes halogenated alkanes) is 1. The second-order valence-electron chi connectivity index (χ2n) is 26.9. The number of nitrogens with zero attached hydrogens (tertiary/aromatic N) is 2. The fourth-order valence-corrected chi connectivity index (χ4v) is 11.9. The maximum atomic E-state index is 15.7. The van der Waals surface area contributed by atoms with E-state index in [9.17, 15) is 0 Å². The molecule has 11 nitrogen and oxygen atoms in total. The number of benzene rings is 10. The van der Waals surface area contributed by atoms with Crippen LogP contribution in [0.5, 0.6) is 46.0 Å². The molecule has 10 aromatic rings. The molecule has 12 rings (SSSR count). The van der Waals surface area contributed by atoms with Gasteiger partial charge < -0.3 is 24.7 Å². The van der Waals surface area contributed by atoms with Crippen LogP contribution in [-0.4, -0.2) is 35.1 Å². The maximum absolute atomic E-state index is 15.7. The molecular weight excluding hydrogens is 1060 g/mol. The number of nitrogen functional groups attached to an aromatic ring is 1.